The van der Waals surface area contributed by atoms with Gasteiger partial charge in [-0.1, -0.05) is 30.3 Å². The molecule has 1 aromatic heterocycles. The van der Waals surface area contributed by atoms with Gasteiger partial charge in [0.1, 0.15) is 4.88 Å². The fourth-order valence-corrected chi connectivity index (χ4v) is 2.97. The summed E-state index contributed by atoms with van der Waals surface area (Å²) in [6, 6.07) is 7.88. The topological polar surface area (TPSA) is 97.4 Å². The molecule has 1 atom stereocenters. The second-order valence-electron chi connectivity index (χ2n) is 5.19. The molecule has 2 aromatic rings. The lowest BCUT2D eigenvalue weighted by atomic mass is 10.1. The number of amides is 3. The van der Waals surface area contributed by atoms with Gasteiger partial charge in [0.15, 0.2) is 0 Å². The van der Waals surface area contributed by atoms with E-state index in [1.54, 1.807) is 51.1 Å². The second-order valence-corrected chi connectivity index (χ2v) is 6.40. The fraction of sp³-hybridized carbons (Fsp3) is 0.294. The van der Waals surface area contributed by atoms with Gasteiger partial charge >= 0.3 is 12.0 Å². The number of benzene rings is 1. The first-order valence-corrected chi connectivity index (χ1v) is 8.52. The number of esters is 1. The normalized spacial score (nSPS) is 11.5. The van der Waals surface area contributed by atoms with Gasteiger partial charge in [-0.2, -0.15) is 0 Å². The molecule has 0 aliphatic carbocycles. The van der Waals surface area contributed by atoms with Crippen molar-refractivity contribution in [1.82, 2.24) is 15.6 Å². The third kappa shape index (κ3) is 4.87. The summed E-state index contributed by atoms with van der Waals surface area (Å²) in [5, 5.41) is 5.37. The van der Waals surface area contributed by atoms with E-state index in [-0.39, 0.29) is 0 Å². The minimum Gasteiger partial charge on any atom is -0.443 e. The van der Waals surface area contributed by atoms with Gasteiger partial charge < -0.3 is 10.1 Å². The number of rotatable bonds is 5. The van der Waals surface area contributed by atoms with E-state index in [9.17, 15) is 14.4 Å². The number of imide groups is 1. The molecule has 0 saturated carbocycles. The van der Waals surface area contributed by atoms with E-state index in [0.717, 1.165) is 5.01 Å². The number of thiazole rings is 1. The molecule has 132 valence electrons. The Morgan fingerprint density at radius 2 is 1.88 bits per heavy atom. The molecular formula is C17H19N3O4S. The highest BCUT2D eigenvalue weighted by molar-refractivity contribution is 7.13. The van der Waals surface area contributed by atoms with Gasteiger partial charge in [-0.15, -0.1) is 11.3 Å². The highest BCUT2D eigenvalue weighted by atomic mass is 32.1. The molecule has 0 aliphatic rings. The Bertz CT molecular complexity index is 773. The molecule has 0 saturated heterocycles. The van der Waals surface area contributed by atoms with Crippen molar-refractivity contribution in [3.05, 3.63) is 51.5 Å². The number of hydrogen-bond acceptors (Lipinski definition) is 6. The van der Waals surface area contributed by atoms with Crippen LogP contribution in [0, 0.1) is 13.8 Å². The third-order valence-corrected chi connectivity index (χ3v) is 4.28. The van der Waals surface area contributed by atoms with Crippen molar-refractivity contribution in [3.8, 4) is 0 Å². The number of carbonyl (C=O) groups excluding carboxylic acids is 3. The first-order valence-electron chi connectivity index (χ1n) is 7.71. The van der Waals surface area contributed by atoms with Crippen molar-refractivity contribution in [2.24, 2.45) is 0 Å². The summed E-state index contributed by atoms with van der Waals surface area (Å²) in [6.07, 6.45) is -1.24. The molecule has 0 unspecified atom stereocenters. The summed E-state index contributed by atoms with van der Waals surface area (Å²) in [7, 11) is 0. The van der Waals surface area contributed by atoms with Crippen molar-refractivity contribution < 1.29 is 19.1 Å². The van der Waals surface area contributed by atoms with Crippen LogP contribution in [0.15, 0.2) is 30.3 Å². The van der Waals surface area contributed by atoms with Gasteiger partial charge in [-0.25, -0.2) is 14.6 Å². The van der Waals surface area contributed by atoms with E-state index in [4.69, 9.17) is 4.74 Å². The Morgan fingerprint density at radius 1 is 1.20 bits per heavy atom. The zero-order valence-electron chi connectivity index (χ0n) is 14.2. The number of aromatic nitrogens is 1. The van der Waals surface area contributed by atoms with Gasteiger partial charge in [0, 0.05) is 12.1 Å². The summed E-state index contributed by atoms with van der Waals surface area (Å²) in [5.41, 5.74) is 1.01. The van der Waals surface area contributed by atoms with Crippen LogP contribution in [0.25, 0.3) is 0 Å². The summed E-state index contributed by atoms with van der Waals surface area (Å²) in [6.45, 7) is 5.58. The highest BCUT2D eigenvalue weighted by Crippen LogP contribution is 2.23. The Hall–Kier alpha value is -2.74. The maximum Gasteiger partial charge on any atom is 0.351 e. The van der Waals surface area contributed by atoms with Gasteiger partial charge in [0.05, 0.1) is 10.7 Å². The maximum atomic E-state index is 12.4. The van der Waals surface area contributed by atoms with Crippen LogP contribution in [0.2, 0.25) is 0 Å². The molecule has 2 N–H and O–H groups in total. The van der Waals surface area contributed by atoms with Crippen molar-refractivity contribution in [3.63, 3.8) is 0 Å². The lowest BCUT2D eigenvalue weighted by Crippen LogP contribution is -2.42. The van der Waals surface area contributed by atoms with Crippen LogP contribution in [-0.4, -0.2) is 29.4 Å². The Kier molecular flexibility index (Phi) is 6.24. The fourth-order valence-electron chi connectivity index (χ4n) is 2.16. The minimum atomic E-state index is -1.24. The molecule has 0 aliphatic heterocycles. The standard InChI is InChI=1S/C17H19N3O4S/c1-4-18-17(23)20-15(21)13(12-8-6-5-7-9-12)24-16(22)14-10(2)19-11(3)25-14/h5-9,13H,4H2,1-3H3,(H2,18,20,21,23)/t13-/m0/s1. The SMILES string of the molecule is CCNC(=O)NC(=O)[C@@H](OC(=O)c1sc(C)nc1C)c1ccccc1. The monoisotopic (exact) mass is 361 g/mol. The number of ether oxygens (including phenoxy) is 1. The van der Waals surface area contributed by atoms with Crippen molar-refractivity contribution >= 4 is 29.2 Å². The smallest absolute Gasteiger partial charge is 0.351 e. The molecule has 1 aromatic carbocycles. The maximum absolute atomic E-state index is 12.4. The lowest BCUT2D eigenvalue weighted by Gasteiger charge is -2.17. The quantitative estimate of drug-likeness (QED) is 0.798. The van der Waals surface area contributed by atoms with Crippen LogP contribution in [0.1, 0.15) is 39.0 Å². The number of hydrogen-bond donors (Lipinski definition) is 2. The molecule has 0 radical (unpaired) electrons. The van der Waals surface area contributed by atoms with E-state index in [0.29, 0.717) is 22.7 Å². The average Bonchev–Trinajstić information content (AvgIpc) is 2.91. The van der Waals surface area contributed by atoms with E-state index >= 15 is 0 Å². The van der Waals surface area contributed by atoms with Crippen LogP contribution < -0.4 is 10.6 Å². The van der Waals surface area contributed by atoms with Crippen LogP contribution in [0.3, 0.4) is 0 Å². The Balaban J connectivity index is 2.23. The lowest BCUT2D eigenvalue weighted by molar-refractivity contribution is -0.129. The van der Waals surface area contributed by atoms with Crippen molar-refractivity contribution in [2.75, 3.05) is 6.54 Å². The number of nitrogens with one attached hydrogen (secondary N) is 2. The number of carbonyl (C=O) groups is 3. The predicted molar refractivity (Wildman–Crippen MR) is 93.4 cm³/mol. The molecular weight excluding hydrogens is 342 g/mol. The zero-order valence-corrected chi connectivity index (χ0v) is 15.0. The van der Waals surface area contributed by atoms with Crippen molar-refractivity contribution in [1.29, 1.82) is 0 Å². The molecule has 25 heavy (non-hydrogen) atoms. The Morgan fingerprint density at radius 3 is 2.44 bits per heavy atom. The van der Waals surface area contributed by atoms with Gasteiger partial charge in [-0.3, -0.25) is 10.1 Å². The van der Waals surface area contributed by atoms with E-state index in [2.05, 4.69) is 15.6 Å². The summed E-state index contributed by atoms with van der Waals surface area (Å²) in [5.74, 6) is -1.37. The second kappa shape index (κ2) is 8.39. The highest BCUT2D eigenvalue weighted by Gasteiger charge is 2.28. The van der Waals surface area contributed by atoms with E-state index < -0.39 is 24.0 Å². The van der Waals surface area contributed by atoms with Crippen molar-refractivity contribution in [2.45, 2.75) is 26.9 Å². The molecule has 3 amide bonds. The zero-order chi connectivity index (χ0) is 18.4. The van der Waals surface area contributed by atoms with Gasteiger partial charge in [-0.05, 0) is 20.8 Å². The summed E-state index contributed by atoms with van der Waals surface area (Å²) >= 11 is 1.20. The first-order chi connectivity index (χ1) is 11.9. The first kappa shape index (κ1) is 18.6. The molecule has 2 rings (SSSR count). The third-order valence-electron chi connectivity index (χ3n) is 3.23. The molecule has 8 heteroatoms. The van der Waals surface area contributed by atoms with E-state index in [1.165, 1.54) is 11.3 Å². The van der Waals surface area contributed by atoms with Crippen LogP contribution in [0.4, 0.5) is 4.79 Å². The largest absolute Gasteiger partial charge is 0.443 e. The number of aryl methyl sites for hydroxylation is 2. The molecule has 0 bridgehead atoms. The van der Waals surface area contributed by atoms with Gasteiger partial charge in [0.2, 0.25) is 6.10 Å². The molecule has 0 spiro atoms. The number of urea groups is 1. The minimum absolute atomic E-state index is 0.337. The summed E-state index contributed by atoms with van der Waals surface area (Å²) in [4.78, 5) is 41.0. The van der Waals surface area contributed by atoms with Crippen LogP contribution in [0.5, 0.6) is 0 Å². The molecule has 7 nitrogen and oxygen atoms in total. The van der Waals surface area contributed by atoms with Crippen LogP contribution in [-0.2, 0) is 9.53 Å². The molecule has 1 heterocycles. The Labute approximate surface area is 149 Å². The predicted octanol–water partition coefficient (Wildman–Crippen LogP) is 2.50. The van der Waals surface area contributed by atoms with Gasteiger partial charge in [0.25, 0.3) is 5.91 Å². The van der Waals surface area contributed by atoms with E-state index in [1.807, 2.05) is 0 Å². The van der Waals surface area contributed by atoms with Crippen LogP contribution >= 0.6 is 11.3 Å². The average molecular weight is 361 g/mol. The number of nitrogens with zero attached hydrogens (tertiary/aromatic N) is 1. The summed E-state index contributed by atoms with van der Waals surface area (Å²) < 4.78 is 5.40. The molecule has 0 fully saturated rings.